The lowest BCUT2D eigenvalue weighted by atomic mass is 10.1. The molecule has 1 heterocycles. The molecule has 0 saturated heterocycles. The molecule has 0 bridgehead atoms. The van der Waals surface area contributed by atoms with Crippen LogP contribution in [0, 0.1) is 5.92 Å². The van der Waals surface area contributed by atoms with Gasteiger partial charge in [0.05, 0.1) is 5.75 Å². The first-order chi connectivity index (χ1) is 13.2. The van der Waals surface area contributed by atoms with E-state index in [4.69, 9.17) is 0 Å². The minimum atomic E-state index is -4.71. The number of nitrogens with zero attached hydrogens (tertiary/aromatic N) is 2. The number of carbonyl (C=O) groups is 1. The van der Waals surface area contributed by atoms with Crippen molar-refractivity contribution < 1.29 is 18.0 Å². The fourth-order valence-corrected chi connectivity index (χ4v) is 3.70. The van der Waals surface area contributed by atoms with Crippen LogP contribution in [0.3, 0.4) is 0 Å². The quantitative estimate of drug-likeness (QED) is 0.557. The van der Waals surface area contributed by atoms with Gasteiger partial charge in [0, 0.05) is 18.7 Å². The number of benzene rings is 1. The number of nitrogens with one attached hydrogen (secondary N) is 1. The summed E-state index contributed by atoms with van der Waals surface area (Å²) in [7, 11) is 0. The van der Waals surface area contributed by atoms with Gasteiger partial charge in [-0.2, -0.15) is 13.2 Å². The standard InChI is InChI=1S/C19H20F3N3O2S/c1-12(14-7-8-14)25(10-13-5-3-2-4-6-13)17(27)11-28-18-23-15(19(20,21)22)9-16(26)24-18/h2-6,9,12,14H,7-8,10-11H2,1H3,(H,23,24,26). The number of hydrogen-bond acceptors (Lipinski definition) is 4. The van der Waals surface area contributed by atoms with E-state index in [1.807, 2.05) is 37.3 Å². The second-order valence-corrected chi connectivity index (χ2v) is 7.77. The zero-order valence-electron chi connectivity index (χ0n) is 15.2. The molecule has 1 aliphatic rings. The van der Waals surface area contributed by atoms with Crippen molar-refractivity contribution >= 4 is 17.7 Å². The highest BCUT2D eigenvalue weighted by atomic mass is 32.2. The molecule has 1 fully saturated rings. The molecular formula is C19H20F3N3O2S. The molecule has 1 aromatic carbocycles. The highest BCUT2D eigenvalue weighted by molar-refractivity contribution is 7.99. The molecule has 150 valence electrons. The van der Waals surface area contributed by atoms with Crippen LogP contribution in [0.15, 0.2) is 46.3 Å². The fourth-order valence-electron chi connectivity index (χ4n) is 2.93. The largest absolute Gasteiger partial charge is 0.433 e. The summed E-state index contributed by atoms with van der Waals surface area (Å²) in [6, 6.07) is 9.99. The van der Waals surface area contributed by atoms with Crippen LogP contribution in [0.5, 0.6) is 0 Å². The van der Waals surface area contributed by atoms with Gasteiger partial charge in [-0.05, 0) is 31.2 Å². The summed E-state index contributed by atoms with van der Waals surface area (Å²) in [6.07, 6.45) is -2.59. The molecule has 0 radical (unpaired) electrons. The number of rotatable bonds is 7. The van der Waals surface area contributed by atoms with Crippen LogP contribution < -0.4 is 5.56 Å². The molecule has 2 aromatic rings. The third kappa shape index (κ3) is 5.37. The zero-order valence-corrected chi connectivity index (χ0v) is 16.0. The number of alkyl halides is 3. The first-order valence-corrected chi connectivity index (χ1v) is 9.87. The van der Waals surface area contributed by atoms with Crippen molar-refractivity contribution in [2.24, 2.45) is 5.92 Å². The van der Waals surface area contributed by atoms with Gasteiger partial charge in [-0.25, -0.2) is 4.98 Å². The van der Waals surface area contributed by atoms with E-state index in [9.17, 15) is 22.8 Å². The first kappa shape index (κ1) is 20.4. The molecule has 1 amide bonds. The van der Waals surface area contributed by atoms with Crippen molar-refractivity contribution in [3.63, 3.8) is 0 Å². The van der Waals surface area contributed by atoms with Gasteiger partial charge in [-0.15, -0.1) is 0 Å². The molecule has 1 aliphatic carbocycles. The van der Waals surface area contributed by atoms with Crippen molar-refractivity contribution in [3.8, 4) is 0 Å². The summed E-state index contributed by atoms with van der Waals surface area (Å²) < 4.78 is 38.5. The van der Waals surface area contributed by atoms with Crippen LogP contribution in [0.1, 0.15) is 31.0 Å². The van der Waals surface area contributed by atoms with Gasteiger partial charge in [0.1, 0.15) is 0 Å². The Kier molecular flexibility index (Phi) is 6.12. The third-order valence-corrected chi connectivity index (χ3v) is 5.51. The van der Waals surface area contributed by atoms with E-state index in [2.05, 4.69) is 9.97 Å². The number of halogens is 3. The predicted octanol–water partition coefficient (Wildman–Crippen LogP) is 3.71. The summed E-state index contributed by atoms with van der Waals surface area (Å²) in [5.74, 6) is 0.145. The number of carbonyl (C=O) groups excluding carboxylic acids is 1. The number of amides is 1. The average Bonchev–Trinajstić information content (AvgIpc) is 3.48. The lowest BCUT2D eigenvalue weighted by molar-refractivity contribution is -0.141. The molecule has 1 N–H and O–H groups in total. The maximum Gasteiger partial charge on any atom is 0.433 e. The highest BCUT2D eigenvalue weighted by Crippen LogP contribution is 2.36. The molecule has 9 heteroatoms. The molecule has 0 aliphatic heterocycles. The molecule has 1 unspecified atom stereocenters. The van der Waals surface area contributed by atoms with E-state index in [1.54, 1.807) is 4.90 Å². The monoisotopic (exact) mass is 411 g/mol. The van der Waals surface area contributed by atoms with E-state index < -0.39 is 17.4 Å². The summed E-state index contributed by atoms with van der Waals surface area (Å²) in [6.45, 7) is 2.43. The summed E-state index contributed by atoms with van der Waals surface area (Å²) in [4.78, 5) is 31.7. The number of aromatic amines is 1. The molecule has 1 atom stereocenters. The number of thioether (sulfide) groups is 1. The summed E-state index contributed by atoms with van der Waals surface area (Å²) >= 11 is 0.804. The van der Waals surface area contributed by atoms with E-state index >= 15 is 0 Å². The van der Waals surface area contributed by atoms with E-state index in [1.165, 1.54) is 0 Å². The van der Waals surface area contributed by atoms with Gasteiger partial charge < -0.3 is 9.88 Å². The van der Waals surface area contributed by atoms with Gasteiger partial charge >= 0.3 is 6.18 Å². The Balaban J connectivity index is 1.71. The summed E-state index contributed by atoms with van der Waals surface area (Å²) in [5.41, 5.74) is -1.18. The molecular weight excluding hydrogens is 391 g/mol. The number of hydrogen-bond donors (Lipinski definition) is 1. The van der Waals surface area contributed by atoms with Crippen LogP contribution >= 0.6 is 11.8 Å². The number of aromatic nitrogens is 2. The second-order valence-electron chi connectivity index (χ2n) is 6.81. The fraction of sp³-hybridized carbons (Fsp3) is 0.421. The van der Waals surface area contributed by atoms with Crippen molar-refractivity contribution in [1.29, 1.82) is 0 Å². The second kappa shape index (κ2) is 8.38. The Morgan fingerprint density at radius 1 is 1.32 bits per heavy atom. The molecule has 0 spiro atoms. The molecule has 5 nitrogen and oxygen atoms in total. The maximum atomic E-state index is 12.8. The maximum absolute atomic E-state index is 12.8. The van der Waals surface area contributed by atoms with Crippen molar-refractivity contribution in [1.82, 2.24) is 14.9 Å². The first-order valence-electron chi connectivity index (χ1n) is 8.89. The SMILES string of the molecule is CC(C1CC1)N(Cc1ccccc1)C(=O)CSc1nc(C(F)(F)F)cc(=O)[nH]1. The van der Waals surface area contributed by atoms with Gasteiger partial charge in [-0.1, -0.05) is 42.1 Å². The van der Waals surface area contributed by atoms with E-state index in [0.717, 1.165) is 30.2 Å². The van der Waals surface area contributed by atoms with Crippen LogP contribution in [-0.2, 0) is 17.5 Å². The average molecular weight is 411 g/mol. The predicted molar refractivity (Wildman–Crippen MR) is 99.8 cm³/mol. The Hall–Kier alpha value is -2.29. The van der Waals surface area contributed by atoms with Crippen LogP contribution in [-0.4, -0.2) is 32.6 Å². The smallest absolute Gasteiger partial charge is 0.335 e. The van der Waals surface area contributed by atoms with Gasteiger partial charge in [0.15, 0.2) is 10.9 Å². The van der Waals surface area contributed by atoms with Gasteiger partial charge in [0.25, 0.3) is 5.56 Å². The lowest BCUT2D eigenvalue weighted by Crippen LogP contribution is -2.40. The molecule has 1 saturated carbocycles. The topological polar surface area (TPSA) is 66.1 Å². The Morgan fingerprint density at radius 2 is 2.00 bits per heavy atom. The molecule has 28 heavy (non-hydrogen) atoms. The Labute approximate surface area is 164 Å². The number of H-pyrrole nitrogens is 1. The van der Waals surface area contributed by atoms with Crippen molar-refractivity contribution in [2.45, 2.75) is 43.7 Å². The minimum Gasteiger partial charge on any atom is -0.335 e. The Morgan fingerprint density at radius 3 is 2.61 bits per heavy atom. The normalized spacial score (nSPS) is 15.3. The molecule has 1 aromatic heterocycles. The lowest BCUT2D eigenvalue weighted by Gasteiger charge is -2.29. The third-order valence-electron chi connectivity index (χ3n) is 4.65. The van der Waals surface area contributed by atoms with Crippen molar-refractivity contribution in [3.05, 3.63) is 58.0 Å². The highest BCUT2D eigenvalue weighted by Gasteiger charge is 2.35. The van der Waals surface area contributed by atoms with Crippen LogP contribution in [0.25, 0.3) is 0 Å². The Bertz CT molecular complexity index is 882. The van der Waals surface area contributed by atoms with Crippen LogP contribution in [0.4, 0.5) is 13.2 Å². The minimum absolute atomic E-state index is 0.0434. The van der Waals surface area contributed by atoms with Gasteiger partial charge in [0.2, 0.25) is 5.91 Å². The van der Waals surface area contributed by atoms with Gasteiger partial charge in [-0.3, -0.25) is 9.59 Å². The van der Waals surface area contributed by atoms with E-state index in [-0.39, 0.29) is 22.9 Å². The van der Waals surface area contributed by atoms with Crippen LogP contribution in [0.2, 0.25) is 0 Å². The van der Waals surface area contributed by atoms with Crippen molar-refractivity contribution in [2.75, 3.05) is 5.75 Å². The zero-order chi connectivity index (χ0) is 20.3. The van der Waals surface area contributed by atoms with E-state index in [0.29, 0.717) is 18.5 Å². The summed E-state index contributed by atoms with van der Waals surface area (Å²) in [5, 5.41) is -0.216. The molecule has 3 rings (SSSR count).